The van der Waals surface area contributed by atoms with E-state index in [4.69, 9.17) is 14.9 Å². The maximum atomic E-state index is 13.6. The highest BCUT2D eigenvalue weighted by atomic mass is 19.4. The summed E-state index contributed by atoms with van der Waals surface area (Å²) in [6, 6.07) is 10.6. The Bertz CT molecular complexity index is 1310. The van der Waals surface area contributed by atoms with E-state index >= 15 is 0 Å². The van der Waals surface area contributed by atoms with Crippen LogP contribution in [-0.2, 0) is 15.7 Å². The molecule has 0 saturated heterocycles. The summed E-state index contributed by atoms with van der Waals surface area (Å²) in [5.74, 6) is -1.29. The highest BCUT2D eigenvalue weighted by Crippen LogP contribution is 2.32. The first-order chi connectivity index (χ1) is 18.2. The molecule has 208 valence electrons. The van der Waals surface area contributed by atoms with Gasteiger partial charge in [-0.25, -0.2) is 0 Å². The molecule has 0 amide bonds. The number of aliphatic imine (C=N–C) groups is 1. The van der Waals surface area contributed by atoms with Crippen molar-refractivity contribution >= 4 is 29.3 Å². The predicted octanol–water partition coefficient (Wildman–Crippen LogP) is 5.39. The summed E-state index contributed by atoms with van der Waals surface area (Å²) < 4.78 is 50.0. The largest absolute Gasteiger partial charge is 0.860 e. The molecule has 0 aliphatic rings. The molecule has 39 heavy (non-hydrogen) atoms. The SMILES string of the molecule is CCOC(=O)CN(C([O-])=C(C=Nc1cccc(C(F)(F)F)c1)C(C)=N)c1ccc(OCC(C)(C)C)c(C#N)c1. The highest BCUT2D eigenvalue weighted by Gasteiger charge is 2.30. The minimum Gasteiger partial charge on any atom is -0.860 e. The first-order valence-electron chi connectivity index (χ1n) is 11.9. The molecule has 2 rings (SSSR count). The summed E-state index contributed by atoms with van der Waals surface area (Å²) in [5.41, 5.74) is -1.43. The fraction of sp³-hybridized carbons (Fsp3) is 0.357. The van der Waals surface area contributed by atoms with Gasteiger partial charge in [-0.15, -0.1) is 0 Å². The van der Waals surface area contributed by atoms with Crippen molar-refractivity contribution in [2.24, 2.45) is 10.4 Å². The lowest BCUT2D eigenvalue weighted by atomic mass is 9.98. The highest BCUT2D eigenvalue weighted by molar-refractivity contribution is 6.14. The molecule has 1 N–H and O–H groups in total. The molecule has 2 aromatic rings. The first kappa shape index (κ1) is 30.9. The van der Waals surface area contributed by atoms with Gasteiger partial charge in [0.25, 0.3) is 0 Å². The van der Waals surface area contributed by atoms with Crippen LogP contribution in [-0.4, -0.2) is 37.7 Å². The van der Waals surface area contributed by atoms with Gasteiger partial charge in [-0.3, -0.25) is 9.79 Å². The summed E-state index contributed by atoms with van der Waals surface area (Å²) in [7, 11) is 0. The van der Waals surface area contributed by atoms with E-state index in [0.717, 1.165) is 23.2 Å². The van der Waals surface area contributed by atoms with E-state index in [-0.39, 0.29) is 40.2 Å². The molecule has 0 aliphatic heterocycles. The van der Waals surface area contributed by atoms with Crippen molar-refractivity contribution in [2.75, 3.05) is 24.7 Å². The summed E-state index contributed by atoms with van der Waals surface area (Å²) in [4.78, 5) is 17.3. The summed E-state index contributed by atoms with van der Waals surface area (Å²) >= 11 is 0. The molecule has 0 unspecified atom stereocenters. The first-order valence-corrected chi connectivity index (χ1v) is 11.9. The maximum Gasteiger partial charge on any atom is 0.416 e. The van der Waals surface area contributed by atoms with Gasteiger partial charge in [-0.2, -0.15) is 18.4 Å². The lowest BCUT2D eigenvalue weighted by Gasteiger charge is -2.32. The van der Waals surface area contributed by atoms with Crippen LogP contribution in [0.3, 0.4) is 0 Å². The standard InChI is InChI=1S/C28H31F3N4O4/c1-6-38-25(36)16-35(22-10-11-24(19(12-22)14-32)39-17-27(3,4)5)26(37)23(18(2)33)15-34-21-9-7-8-20(13-21)28(29,30)31/h7-13,15,33,37H,6,16-17H2,1-5H3/p-1. The third-order valence-electron chi connectivity index (χ3n) is 5.04. The number of alkyl halides is 3. The molecule has 8 nitrogen and oxygen atoms in total. The van der Waals surface area contributed by atoms with E-state index in [1.54, 1.807) is 6.92 Å². The van der Waals surface area contributed by atoms with Gasteiger partial charge in [-0.1, -0.05) is 26.8 Å². The molecule has 0 fully saturated rings. The quantitative estimate of drug-likeness (QED) is 0.244. The average Bonchev–Trinajstić information content (AvgIpc) is 2.85. The van der Waals surface area contributed by atoms with Gasteiger partial charge in [0, 0.05) is 23.2 Å². The van der Waals surface area contributed by atoms with E-state index in [1.807, 2.05) is 26.8 Å². The lowest BCUT2D eigenvalue weighted by Crippen LogP contribution is -2.37. The van der Waals surface area contributed by atoms with Gasteiger partial charge < -0.3 is 24.9 Å². The zero-order valence-corrected chi connectivity index (χ0v) is 22.3. The molecule has 0 atom stereocenters. The smallest absolute Gasteiger partial charge is 0.416 e. The Balaban J connectivity index is 2.57. The number of esters is 1. The Labute approximate surface area is 225 Å². The molecule has 0 aromatic heterocycles. The minimum atomic E-state index is -4.58. The number of anilines is 1. The second-order valence-corrected chi connectivity index (χ2v) is 9.68. The normalized spacial score (nSPS) is 12.5. The lowest BCUT2D eigenvalue weighted by molar-refractivity contribution is -0.305. The van der Waals surface area contributed by atoms with Crippen molar-refractivity contribution in [1.29, 1.82) is 10.7 Å². The number of carbonyl (C=O) groups excluding carboxylic acids is 1. The van der Waals surface area contributed by atoms with Crippen molar-refractivity contribution in [3.05, 3.63) is 65.0 Å². The van der Waals surface area contributed by atoms with Gasteiger partial charge in [0.1, 0.15) is 18.4 Å². The van der Waals surface area contributed by atoms with Crippen molar-refractivity contribution in [3.8, 4) is 11.8 Å². The molecule has 0 saturated carbocycles. The van der Waals surface area contributed by atoms with E-state index in [0.29, 0.717) is 12.4 Å². The number of nitriles is 1. The van der Waals surface area contributed by atoms with Gasteiger partial charge in [0.2, 0.25) is 0 Å². The zero-order valence-electron chi connectivity index (χ0n) is 22.3. The number of carbonyl (C=O) groups is 1. The number of halogens is 3. The molecule has 0 aliphatic carbocycles. The van der Waals surface area contributed by atoms with Gasteiger partial charge in [0.15, 0.2) is 0 Å². The Morgan fingerprint density at radius 1 is 1.21 bits per heavy atom. The third kappa shape index (κ3) is 9.17. The average molecular weight is 544 g/mol. The topological polar surface area (TPSA) is 122 Å². The molecule has 11 heteroatoms. The fourth-order valence-electron chi connectivity index (χ4n) is 3.17. The molecule has 0 bridgehead atoms. The molecule has 0 heterocycles. The number of allylic oxidation sites excluding steroid dienone is 1. The van der Waals surface area contributed by atoms with Crippen LogP contribution < -0.4 is 14.7 Å². The van der Waals surface area contributed by atoms with E-state index < -0.39 is 30.1 Å². The molecule has 0 radical (unpaired) electrons. The van der Waals surface area contributed by atoms with Gasteiger partial charge in [-0.05, 0) is 61.5 Å². The predicted molar refractivity (Wildman–Crippen MR) is 140 cm³/mol. The van der Waals surface area contributed by atoms with Crippen LogP contribution in [0.4, 0.5) is 24.5 Å². The van der Waals surface area contributed by atoms with Crippen LogP contribution in [0, 0.1) is 22.2 Å². The van der Waals surface area contributed by atoms with Crippen molar-refractivity contribution in [3.63, 3.8) is 0 Å². The maximum absolute atomic E-state index is 13.6. The zero-order chi connectivity index (χ0) is 29.4. The van der Waals surface area contributed by atoms with E-state index in [9.17, 15) is 28.3 Å². The second-order valence-electron chi connectivity index (χ2n) is 9.68. The summed E-state index contributed by atoms with van der Waals surface area (Å²) in [6.07, 6.45) is -3.60. The summed E-state index contributed by atoms with van der Waals surface area (Å²) in [6.45, 7) is 8.62. The number of ether oxygens (including phenoxy) is 2. The molecule has 0 spiro atoms. The van der Waals surface area contributed by atoms with Gasteiger partial charge >= 0.3 is 12.1 Å². The van der Waals surface area contributed by atoms with Crippen LogP contribution in [0.15, 0.2) is 58.9 Å². The Hall–Kier alpha value is -4.33. The van der Waals surface area contributed by atoms with Crippen molar-refractivity contribution in [2.45, 2.75) is 40.8 Å². The van der Waals surface area contributed by atoms with E-state index in [1.165, 1.54) is 37.3 Å². The van der Waals surface area contributed by atoms with Crippen LogP contribution in [0.2, 0.25) is 0 Å². The van der Waals surface area contributed by atoms with Crippen LogP contribution in [0.5, 0.6) is 5.75 Å². The van der Waals surface area contributed by atoms with Crippen molar-refractivity contribution < 1.29 is 32.5 Å². The van der Waals surface area contributed by atoms with Gasteiger partial charge in [0.05, 0.1) is 30.0 Å². The van der Waals surface area contributed by atoms with Crippen molar-refractivity contribution in [1.82, 2.24) is 0 Å². The second kappa shape index (κ2) is 13.0. The molecular weight excluding hydrogens is 513 g/mol. The Kier molecular flexibility index (Phi) is 10.3. The fourth-order valence-corrected chi connectivity index (χ4v) is 3.17. The Morgan fingerprint density at radius 3 is 2.46 bits per heavy atom. The van der Waals surface area contributed by atoms with Crippen LogP contribution >= 0.6 is 0 Å². The van der Waals surface area contributed by atoms with Crippen LogP contribution in [0.25, 0.3) is 0 Å². The van der Waals surface area contributed by atoms with Crippen LogP contribution in [0.1, 0.15) is 45.7 Å². The number of hydrogen-bond donors (Lipinski definition) is 1. The van der Waals surface area contributed by atoms with E-state index in [2.05, 4.69) is 4.99 Å². The minimum absolute atomic E-state index is 0.0566. The molecular formula is C28H30F3N4O4-. The number of hydrogen-bond acceptors (Lipinski definition) is 8. The third-order valence-corrected chi connectivity index (χ3v) is 5.04. The Morgan fingerprint density at radius 2 is 1.90 bits per heavy atom. The number of benzene rings is 2. The molecule has 2 aromatic carbocycles. The summed E-state index contributed by atoms with van der Waals surface area (Å²) in [5, 5.41) is 31.3. The monoisotopic (exact) mass is 543 g/mol. The number of nitrogens with one attached hydrogen (secondary N) is 1. The number of nitrogens with zero attached hydrogens (tertiary/aromatic N) is 3. The number of rotatable bonds is 10.